The summed E-state index contributed by atoms with van der Waals surface area (Å²) in [7, 11) is 1.80. The minimum atomic E-state index is 0.253. The summed E-state index contributed by atoms with van der Waals surface area (Å²) in [5.41, 5.74) is 3.93. The molecule has 1 heterocycles. The third-order valence-electron chi connectivity index (χ3n) is 3.13. The molecule has 0 bridgehead atoms. The Bertz CT molecular complexity index is 348. The number of aryl methyl sites for hydroxylation is 1. The minimum absolute atomic E-state index is 0.253. The number of methoxy groups -OCH3 is 1. The van der Waals surface area contributed by atoms with E-state index < -0.39 is 0 Å². The van der Waals surface area contributed by atoms with E-state index in [9.17, 15) is 0 Å². The van der Waals surface area contributed by atoms with Gasteiger partial charge in [0, 0.05) is 24.4 Å². The molecule has 0 aliphatic carbocycles. The van der Waals surface area contributed by atoms with Crippen LogP contribution in [0.1, 0.15) is 37.5 Å². The lowest BCUT2D eigenvalue weighted by atomic mass is 9.94. The number of fused-ring (bicyclic) bond motifs is 1. The molecule has 0 saturated heterocycles. The molecule has 2 unspecified atom stereocenters. The first-order chi connectivity index (χ1) is 7.24. The summed E-state index contributed by atoms with van der Waals surface area (Å²) >= 11 is 0. The number of nitrogens with one attached hydrogen (secondary N) is 1. The molecule has 0 aromatic heterocycles. The topological polar surface area (TPSA) is 21.3 Å². The first-order valence-electron chi connectivity index (χ1n) is 5.66. The van der Waals surface area contributed by atoms with Gasteiger partial charge in [-0.15, -0.1) is 0 Å². The number of anilines is 1. The Balaban J connectivity index is 2.38. The van der Waals surface area contributed by atoms with Gasteiger partial charge in [-0.1, -0.05) is 19.1 Å². The van der Waals surface area contributed by atoms with E-state index in [1.807, 2.05) is 0 Å². The molecule has 82 valence electrons. The summed E-state index contributed by atoms with van der Waals surface area (Å²) in [6.07, 6.45) is 2.39. The second-order valence-electron chi connectivity index (χ2n) is 4.28. The van der Waals surface area contributed by atoms with E-state index in [1.54, 1.807) is 7.11 Å². The SMILES string of the molecule is CCc1ccc2c(c1)C(OC)CC(C)N2. The van der Waals surface area contributed by atoms with Crippen molar-refractivity contribution in [3.8, 4) is 0 Å². The van der Waals surface area contributed by atoms with Crippen LogP contribution in [0.5, 0.6) is 0 Å². The van der Waals surface area contributed by atoms with Crippen molar-refractivity contribution in [2.24, 2.45) is 0 Å². The van der Waals surface area contributed by atoms with Crippen LogP contribution in [0.15, 0.2) is 18.2 Å². The van der Waals surface area contributed by atoms with Crippen LogP contribution in [-0.2, 0) is 11.2 Å². The summed E-state index contributed by atoms with van der Waals surface area (Å²) in [6.45, 7) is 4.38. The first-order valence-corrected chi connectivity index (χ1v) is 5.66. The van der Waals surface area contributed by atoms with Crippen molar-refractivity contribution in [2.45, 2.75) is 38.8 Å². The average molecular weight is 205 g/mol. The van der Waals surface area contributed by atoms with Crippen molar-refractivity contribution >= 4 is 5.69 Å². The average Bonchev–Trinajstić information content (AvgIpc) is 2.27. The Morgan fingerprint density at radius 1 is 1.47 bits per heavy atom. The molecule has 15 heavy (non-hydrogen) atoms. The van der Waals surface area contributed by atoms with E-state index in [-0.39, 0.29) is 6.10 Å². The maximum absolute atomic E-state index is 5.55. The van der Waals surface area contributed by atoms with E-state index in [2.05, 4.69) is 37.4 Å². The number of ether oxygens (including phenoxy) is 1. The Morgan fingerprint density at radius 2 is 2.27 bits per heavy atom. The van der Waals surface area contributed by atoms with Gasteiger partial charge in [0.2, 0.25) is 0 Å². The van der Waals surface area contributed by atoms with Crippen LogP contribution in [0.4, 0.5) is 5.69 Å². The van der Waals surface area contributed by atoms with Gasteiger partial charge < -0.3 is 10.1 Å². The summed E-state index contributed by atoms with van der Waals surface area (Å²) in [5, 5.41) is 3.50. The fourth-order valence-corrected chi connectivity index (χ4v) is 2.23. The van der Waals surface area contributed by atoms with Crippen LogP contribution >= 0.6 is 0 Å². The fraction of sp³-hybridized carbons (Fsp3) is 0.538. The molecule has 1 aliphatic heterocycles. The molecule has 1 N–H and O–H groups in total. The standard InChI is InChI=1S/C13H19NO/c1-4-10-5-6-12-11(8-10)13(15-3)7-9(2)14-12/h5-6,8-9,13-14H,4,7H2,1-3H3. The van der Waals surface area contributed by atoms with Gasteiger partial charge in [0.05, 0.1) is 6.10 Å². The summed E-state index contributed by atoms with van der Waals surface area (Å²) < 4.78 is 5.55. The molecule has 1 aliphatic rings. The maximum Gasteiger partial charge on any atom is 0.0860 e. The molecule has 2 atom stereocenters. The van der Waals surface area contributed by atoms with E-state index in [4.69, 9.17) is 4.74 Å². The van der Waals surface area contributed by atoms with Crippen molar-refractivity contribution in [3.05, 3.63) is 29.3 Å². The quantitative estimate of drug-likeness (QED) is 0.801. The highest BCUT2D eigenvalue weighted by atomic mass is 16.5. The lowest BCUT2D eigenvalue weighted by molar-refractivity contribution is 0.0894. The second kappa shape index (κ2) is 4.23. The number of hydrogen-bond donors (Lipinski definition) is 1. The summed E-state index contributed by atoms with van der Waals surface area (Å²) in [6, 6.07) is 7.13. The molecule has 0 amide bonds. The minimum Gasteiger partial charge on any atom is -0.382 e. The molecule has 0 spiro atoms. The van der Waals surface area contributed by atoms with Crippen molar-refractivity contribution in [1.29, 1.82) is 0 Å². The highest BCUT2D eigenvalue weighted by Crippen LogP contribution is 2.35. The highest BCUT2D eigenvalue weighted by molar-refractivity contribution is 5.56. The molecule has 2 rings (SSSR count). The van der Waals surface area contributed by atoms with Gasteiger partial charge in [-0.25, -0.2) is 0 Å². The van der Waals surface area contributed by atoms with Gasteiger partial charge in [-0.05, 0) is 31.4 Å². The Kier molecular flexibility index (Phi) is 2.96. The molecule has 2 heteroatoms. The highest BCUT2D eigenvalue weighted by Gasteiger charge is 2.23. The molecule has 0 radical (unpaired) electrons. The van der Waals surface area contributed by atoms with E-state index >= 15 is 0 Å². The fourth-order valence-electron chi connectivity index (χ4n) is 2.23. The maximum atomic E-state index is 5.55. The lowest BCUT2D eigenvalue weighted by Gasteiger charge is -2.30. The zero-order valence-corrected chi connectivity index (χ0v) is 9.71. The predicted molar refractivity (Wildman–Crippen MR) is 63.3 cm³/mol. The van der Waals surface area contributed by atoms with E-state index in [0.717, 1.165) is 12.8 Å². The van der Waals surface area contributed by atoms with Gasteiger partial charge in [0.25, 0.3) is 0 Å². The van der Waals surface area contributed by atoms with Gasteiger partial charge in [0.1, 0.15) is 0 Å². The number of rotatable bonds is 2. The molecular weight excluding hydrogens is 186 g/mol. The summed E-state index contributed by atoms with van der Waals surface area (Å²) in [4.78, 5) is 0. The van der Waals surface area contributed by atoms with Gasteiger partial charge in [-0.2, -0.15) is 0 Å². The van der Waals surface area contributed by atoms with Crippen LogP contribution in [0, 0.1) is 0 Å². The molecule has 1 aromatic rings. The smallest absolute Gasteiger partial charge is 0.0860 e. The van der Waals surface area contributed by atoms with Crippen molar-refractivity contribution < 1.29 is 4.74 Å². The molecule has 0 fully saturated rings. The molecule has 0 saturated carbocycles. The Morgan fingerprint density at radius 3 is 2.93 bits per heavy atom. The molecule has 1 aromatic carbocycles. The van der Waals surface area contributed by atoms with Gasteiger partial charge >= 0.3 is 0 Å². The summed E-state index contributed by atoms with van der Waals surface area (Å²) in [5.74, 6) is 0. The largest absolute Gasteiger partial charge is 0.382 e. The van der Waals surface area contributed by atoms with Crippen LogP contribution in [0.3, 0.4) is 0 Å². The monoisotopic (exact) mass is 205 g/mol. The molecular formula is C13H19NO. The third-order valence-corrected chi connectivity index (χ3v) is 3.13. The number of benzene rings is 1. The van der Waals surface area contributed by atoms with Gasteiger partial charge in [0.15, 0.2) is 0 Å². The van der Waals surface area contributed by atoms with E-state index in [0.29, 0.717) is 6.04 Å². The number of hydrogen-bond acceptors (Lipinski definition) is 2. The van der Waals surface area contributed by atoms with Crippen molar-refractivity contribution in [3.63, 3.8) is 0 Å². The normalized spacial score (nSPS) is 24.5. The third kappa shape index (κ3) is 2.00. The predicted octanol–water partition coefficient (Wildman–Crippen LogP) is 3.14. The van der Waals surface area contributed by atoms with Gasteiger partial charge in [-0.3, -0.25) is 0 Å². The molecule has 2 nitrogen and oxygen atoms in total. The second-order valence-corrected chi connectivity index (χ2v) is 4.28. The van der Waals surface area contributed by atoms with E-state index in [1.165, 1.54) is 16.8 Å². The zero-order chi connectivity index (χ0) is 10.8. The van der Waals surface area contributed by atoms with Crippen LogP contribution < -0.4 is 5.32 Å². The van der Waals surface area contributed by atoms with Crippen molar-refractivity contribution in [1.82, 2.24) is 0 Å². The van der Waals surface area contributed by atoms with Crippen molar-refractivity contribution in [2.75, 3.05) is 12.4 Å². The van der Waals surface area contributed by atoms with Crippen LogP contribution in [0.25, 0.3) is 0 Å². The lowest BCUT2D eigenvalue weighted by Crippen LogP contribution is -2.26. The Labute approximate surface area is 91.6 Å². The Hall–Kier alpha value is -1.02. The van der Waals surface area contributed by atoms with Crippen LogP contribution in [0.2, 0.25) is 0 Å². The first kappa shape index (κ1) is 10.5. The van der Waals surface area contributed by atoms with Crippen LogP contribution in [-0.4, -0.2) is 13.2 Å². The zero-order valence-electron chi connectivity index (χ0n) is 9.71.